The second-order valence-corrected chi connectivity index (χ2v) is 6.08. The molecule has 0 bridgehead atoms. The molecule has 2 nitrogen and oxygen atoms in total. The molecule has 108 valence electrons. The summed E-state index contributed by atoms with van der Waals surface area (Å²) in [5.41, 5.74) is 1.56. The summed E-state index contributed by atoms with van der Waals surface area (Å²) < 4.78 is 5.74. The van der Waals surface area contributed by atoms with Gasteiger partial charge < -0.3 is 10.1 Å². The highest BCUT2D eigenvalue weighted by atomic mass is 16.5. The second kappa shape index (κ2) is 8.21. The molecule has 1 rings (SSSR count). The molecular weight excluding hydrogens is 234 g/mol. The second-order valence-electron chi connectivity index (χ2n) is 6.08. The Morgan fingerprint density at radius 1 is 1.00 bits per heavy atom. The van der Waals surface area contributed by atoms with E-state index in [1.807, 2.05) is 0 Å². The molecule has 0 saturated heterocycles. The molecular formula is C17H29NO. The zero-order chi connectivity index (χ0) is 14.1. The summed E-state index contributed by atoms with van der Waals surface area (Å²) in [7, 11) is 0. The zero-order valence-corrected chi connectivity index (χ0v) is 13.0. The smallest absolute Gasteiger partial charge is 0.119 e. The van der Waals surface area contributed by atoms with Crippen LogP contribution >= 0.6 is 0 Å². The molecule has 0 aliphatic rings. The average Bonchev–Trinajstić information content (AvgIpc) is 2.37. The predicted molar refractivity (Wildman–Crippen MR) is 83.0 cm³/mol. The normalized spacial score (nSPS) is 11.6. The van der Waals surface area contributed by atoms with Gasteiger partial charge in [0.2, 0.25) is 0 Å². The van der Waals surface area contributed by atoms with E-state index in [1.54, 1.807) is 0 Å². The van der Waals surface area contributed by atoms with Crippen molar-refractivity contribution in [2.24, 2.45) is 0 Å². The molecule has 0 saturated carbocycles. The monoisotopic (exact) mass is 263 g/mol. The summed E-state index contributed by atoms with van der Waals surface area (Å²) >= 11 is 0. The van der Waals surface area contributed by atoms with Crippen LogP contribution in [0.25, 0.3) is 0 Å². The van der Waals surface area contributed by atoms with Crippen LogP contribution in [0, 0.1) is 0 Å². The van der Waals surface area contributed by atoms with E-state index in [0.29, 0.717) is 0 Å². The molecule has 19 heavy (non-hydrogen) atoms. The molecule has 1 aromatic carbocycles. The molecule has 0 aliphatic carbocycles. The van der Waals surface area contributed by atoms with Gasteiger partial charge in [0, 0.05) is 0 Å². The molecule has 0 heterocycles. The average molecular weight is 263 g/mol. The largest absolute Gasteiger partial charge is 0.494 e. The lowest BCUT2D eigenvalue weighted by Crippen LogP contribution is -2.18. The first-order valence-electron chi connectivity index (χ1n) is 7.48. The Morgan fingerprint density at radius 3 is 2.21 bits per heavy atom. The molecule has 1 aromatic rings. The fourth-order valence-electron chi connectivity index (χ4n) is 1.87. The fourth-order valence-corrected chi connectivity index (χ4v) is 1.87. The Labute approximate surface area is 118 Å². The van der Waals surface area contributed by atoms with Gasteiger partial charge in [-0.1, -0.05) is 46.2 Å². The van der Waals surface area contributed by atoms with Gasteiger partial charge in [-0.05, 0) is 49.0 Å². The van der Waals surface area contributed by atoms with Crippen molar-refractivity contribution in [2.45, 2.75) is 52.4 Å². The molecule has 0 spiro atoms. The highest BCUT2D eigenvalue weighted by Crippen LogP contribution is 2.24. The lowest BCUT2D eigenvalue weighted by Gasteiger charge is -2.19. The summed E-state index contributed by atoms with van der Waals surface area (Å²) in [6, 6.07) is 8.47. The van der Waals surface area contributed by atoms with Crippen molar-refractivity contribution in [3.05, 3.63) is 29.8 Å². The van der Waals surface area contributed by atoms with Gasteiger partial charge in [0.1, 0.15) is 5.75 Å². The minimum absolute atomic E-state index is 0.210. The maximum atomic E-state index is 5.74. The van der Waals surface area contributed by atoms with Crippen LogP contribution < -0.4 is 10.1 Å². The molecule has 0 fully saturated rings. The third-order valence-corrected chi connectivity index (χ3v) is 3.19. The van der Waals surface area contributed by atoms with Crippen molar-refractivity contribution in [1.29, 1.82) is 0 Å². The summed E-state index contributed by atoms with van der Waals surface area (Å²) in [5.74, 6) is 0.974. The number of hydrogen-bond acceptors (Lipinski definition) is 2. The van der Waals surface area contributed by atoms with E-state index < -0.39 is 0 Å². The summed E-state index contributed by atoms with van der Waals surface area (Å²) in [5, 5.41) is 3.42. The van der Waals surface area contributed by atoms with Crippen molar-refractivity contribution in [1.82, 2.24) is 5.32 Å². The number of ether oxygens (including phenoxy) is 1. The van der Waals surface area contributed by atoms with Crippen LogP contribution in [0.5, 0.6) is 5.75 Å². The molecule has 2 heteroatoms. The number of benzene rings is 1. The highest BCUT2D eigenvalue weighted by molar-refractivity contribution is 5.31. The minimum atomic E-state index is 0.210. The summed E-state index contributed by atoms with van der Waals surface area (Å²) in [4.78, 5) is 0. The van der Waals surface area contributed by atoms with Crippen molar-refractivity contribution < 1.29 is 4.74 Å². The summed E-state index contributed by atoms with van der Waals surface area (Å²) in [6.45, 7) is 11.8. The van der Waals surface area contributed by atoms with Crippen LogP contribution in [0.15, 0.2) is 24.3 Å². The molecule has 0 atom stereocenters. The lowest BCUT2D eigenvalue weighted by atomic mass is 9.87. The van der Waals surface area contributed by atoms with E-state index in [4.69, 9.17) is 4.74 Å². The van der Waals surface area contributed by atoms with Crippen molar-refractivity contribution in [2.75, 3.05) is 19.7 Å². The van der Waals surface area contributed by atoms with Gasteiger partial charge in [0.15, 0.2) is 0 Å². The van der Waals surface area contributed by atoms with Crippen molar-refractivity contribution >= 4 is 0 Å². The summed E-state index contributed by atoms with van der Waals surface area (Å²) in [6.07, 6.45) is 3.57. The van der Waals surface area contributed by atoms with Crippen LogP contribution in [-0.4, -0.2) is 19.7 Å². The van der Waals surface area contributed by atoms with Gasteiger partial charge in [0.25, 0.3) is 0 Å². The maximum Gasteiger partial charge on any atom is 0.119 e. The quantitative estimate of drug-likeness (QED) is 0.712. The lowest BCUT2D eigenvalue weighted by molar-refractivity contribution is 0.308. The molecule has 0 radical (unpaired) electrons. The van der Waals surface area contributed by atoms with Crippen LogP contribution in [0.1, 0.15) is 52.5 Å². The maximum absolute atomic E-state index is 5.74. The number of rotatable bonds is 8. The molecule has 0 unspecified atom stereocenters. The van der Waals surface area contributed by atoms with Crippen molar-refractivity contribution in [3.8, 4) is 5.75 Å². The Hall–Kier alpha value is -1.02. The SMILES string of the molecule is CCCCNCCCOc1ccc(C(C)(C)C)cc1. The van der Waals surface area contributed by atoms with E-state index in [2.05, 4.69) is 57.3 Å². The first kappa shape index (κ1) is 16.0. The first-order chi connectivity index (χ1) is 9.04. The predicted octanol–water partition coefficient (Wildman–Crippen LogP) is 4.14. The molecule has 0 aliphatic heterocycles. The third-order valence-electron chi connectivity index (χ3n) is 3.19. The van der Waals surface area contributed by atoms with Gasteiger partial charge in [-0.3, -0.25) is 0 Å². The van der Waals surface area contributed by atoms with Gasteiger partial charge >= 0.3 is 0 Å². The Morgan fingerprint density at radius 2 is 1.63 bits per heavy atom. The van der Waals surface area contributed by atoms with E-state index in [1.165, 1.54) is 18.4 Å². The van der Waals surface area contributed by atoms with E-state index in [-0.39, 0.29) is 5.41 Å². The minimum Gasteiger partial charge on any atom is -0.494 e. The van der Waals surface area contributed by atoms with Crippen LogP contribution in [-0.2, 0) is 5.41 Å². The first-order valence-corrected chi connectivity index (χ1v) is 7.48. The number of unbranched alkanes of at least 4 members (excludes halogenated alkanes) is 1. The molecule has 1 N–H and O–H groups in total. The van der Waals surface area contributed by atoms with Gasteiger partial charge in [0.05, 0.1) is 6.61 Å². The topological polar surface area (TPSA) is 21.3 Å². The van der Waals surface area contributed by atoms with Crippen LogP contribution in [0.3, 0.4) is 0 Å². The Bertz CT molecular complexity index is 337. The number of nitrogens with one attached hydrogen (secondary N) is 1. The highest BCUT2D eigenvalue weighted by Gasteiger charge is 2.12. The van der Waals surface area contributed by atoms with Crippen molar-refractivity contribution in [3.63, 3.8) is 0 Å². The van der Waals surface area contributed by atoms with E-state index in [0.717, 1.165) is 31.9 Å². The third kappa shape index (κ3) is 6.63. The van der Waals surface area contributed by atoms with Crippen LogP contribution in [0.4, 0.5) is 0 Å². The standard InChI is InChI=1S/C17H29NO/c1-5-6-12-18-13-7-14-19-16-10-8-15(9-11-16)17(2,3)4/h8-11,18H,5-7,12-14H2,1-4H3. The number of hydrogen-bond donors (Lipinski definition) is 1. The Kier molecular flexibility index (Phi) is 6.93. The molecule has 0 amide bonds. The molecule has 0 aromatic heterocycles. The van der Waals surface area contributed by atoms with E-state index in [9.17, 15) is 0 Å². The van der Waals surface area contributed by atoms with Gasteiger partial charge in [-0.15, -0.1) is 0 Å². The Balaban J connectivity index is 2.20. The fraction of sp³-hybridized carbons (Fsp3) is 0.647. The van der Waals surface area contributed by atoms with Gasteiger partial charge in [-0.25, -0.2) is 0 Å². The van der Waals surface area contributed by atoms with Gasteiger partial charge in [-0.2, -0.15) is 0 Å². The zero-order valence-electron chi connectivity index (χ0n) is 13.0. The van der Waals surface area contributed by atoms with E-state index >= 15 is 0 Å². The van der Waals surface area contributed by atoms with Crippen LogP contribution in [0.2, 0.25) is 0 Å².